The zero-order valence-electron chi connectivity index (χ0n) is 15.6. The van der Waals surface area contributed by atoms with Gasteiger partial charge in [0.2, 0.25) is 17.8 Å². The second-order valence-electron chi connectivity index (χ2n) is 6.24. The molecule has 0 aliphatic carbocycles. The maximum Gasteiger partial charge on any atom is 0.250 e. The fourth-order valence-electron chi connectivity index (χ4n) is 2.38. The van der Waals surface area contributed by atoms with Crippen LogP contribution in [-0.2, 0) is 0 Å². The first-order valence-corrected chi connectivity index (χ1v) is 8.79. The fraction of sp³-hybridized carbons (Fsp3) is 0.200. The molecule has 0 unspecified atom stereocenters. The highest BCUT2D eigenvalue weighted by atomic mass is 15.4. The number of aromatic nitrogens is 3. The molecule has 0 saturated carbocycles. The second kappa shape index (κ2) is 8.75. The van der Waals surface area contributed by atoms with Crippen LogP contribution in [-0.4, -0.2) is 28.2 Å². The highest BCUT2D eigenvalue weighted by molar-refractivity contribution is 5.80. The van der Waals surface area contributed by atoms with Gasteiger partial charge in [-0.25, -0.2) is 5.43 Å². The van der Waals surface area contributed by atoms with Crippen molar-refractivity contribution in [3.05, 3.63) is 65.7 Å². The van der Waals surface area contributed by atoms with Gasteiger partial charge in [-0.15, -0.1) is 0 Å². The van der Waals surface area contributed by atoms with Crippen molar-refractivity contribution in [2.45, 2.75) is 19.8 Å². The molecule has 3 aromatic rings. The summed E-state index contributed by atoms with van der Waals surface area (Å²) in [5, 5.41) is 10.3. The first-order chi connectivity index (χ1) is 13.1. The monoisotopic (exact) mass is 361 g/mol. The minimum absolute atomic E-state index is 0.350. The lowest BCUT2D eigenvalue weighted by Crippen LogP contribution is -2.07. The number of rotatable bonds is 7. The zero-order chi connectivity index (χ0) is 19.1. The molecule has 1 heterocycles. The van der Waals surface area contributed by atoms with Crippen LogP contribution in [0.1, 0.15) is 30.9 Å². The second-order valence-corrected chi connectivity index (χ2v) is 6.24. The molecule has 0 atom stereocenters. The largest absolute Gasteiger partial charge is 0.357 e. The Hall–Kier alpha value is -3.48. The van der Waals surface area contributed by atoms with E-state index in [1.165, 1.54) is 5.56 Å². The van der Waals surface area contributed by atoms with Crippen molar-refractivity contribution in [1.29, 1.82) is 0 Å². The Balaban J connectivity index is 1.71. The van der Waals surface area contributed by atoms with Gasteiger partial charge in [0.15, 0.2) is 0 Å². The number of nitrogens with one attached hydrogen (secondary N) is 3. The van der Waals surface area contributed by atoms with Gasteiger partial charge in [-0.2, -0.15) is 20.1 Å². The SMILES string of the molecule is CNc1nc(N/N=C\c2ccc(C(C)C)cc2)nc(Nc2ccccc2)n1. The van der Waals surface area contributed by atoms with Gasteiger partial charge in [0.25, 0.3) is 0 Å². The Morgan fingerprint density at radius 2 is 1.52 bits per heavy atom. The van der Waals surface area contributed by atoms with E-state index < -0.39 is 0 Å². The molecule has 1 aromatic heterocycles. The van der Waals surface area contributed by atoms with Gasteiger partial charge in [0.05, 0.1) is 6.21 Å². The van der Waals surface area contributed by atoms with Gasteiger partial charge < -0.3 is 10.6 Å². The van der Waals surface area contributed by atoms with Crippen LogP contribution in [0, 0.1) is 0 Å². The van der Waals surface area contributed by atoms with Crippen molar-refractivity contribution in [1.82, 2.24) is 15.0 Å². The molecular formula is C20H23N7. The molecule has 0 spiro atoms. The predicted octanol–water partition coefficient (Wildman–Crippen LogP) is 4.23. The lowest BCUT2D eigenvalue weighted by atomic mass is 10.0. The number of anilines is 4. The normalized spacial score (nSPS) is 11.0. The molecule has 2 aromatic carbocycles. The smallest absolute Gasteiger partial charge is 0.250 e. The summed E-state index contributed by atoms with van der Waals surface area (Å²) in [5.41, 5.74) is 6.05. The number of para-hydroxylation sites is 1. The molecule has 138 valence electrons. The van der Waals surface area contributed by atoms with E-state index in [1.807, 2.05) is 42.5 Å². The quantitative estimate of drug-likeness (QED) is 0.431. The molecule has 7 nitrogen and oxygen atoms in total. The summed E-state index contributed by atoms with van der Waals surface area (Å²) >= 11 is 0. The third-order valence-electron chi connectivity index (χ3n) is 3.87. The Labute approximate surface area is 159 Å². The molecule has 0 amide bonds. The highest BCUT2D eigenvalue weighted by Gasteiger charge is 2.05. The maximum absolute atomic E-state index is 4.35. The van der Waals surface area contributed by atoms with Crippen LogP contribution in [0.15, 0.2) is 59.7 Å². The summed E-state index contributed by atoms with van der Waals surface area (Å²) in [6, 6.07) is 18.0. The van der Waals surface area contributed by atoms with Crippen LogP contribution in [0.3, 0.4) is 0 Å². The lowest BCUT2D eigenvalue weighted by Gasteiger charge is -2.08. The van der Waals surface area contributed by atoms with Gasteiger partial charge >= 0.3 is 0 Å². The Morgan fingerprint density at radius 1 is 0.852 bits per heavy atom. The number of benzene rings is 2. The van der Waals surface area contributed by atoms with Crippen LogP contribution < -0.4 is 16.1 Å². The maximum atomic E-state index is 4.35. The van der Waals surface area contributed by atoms with Gasteiger partial charge in [-0.3, -0.25) is 0 Å². The van der Waals surface area contributed by atoms with E-state index in [0.29, 0.717) is 23.8 Å². The fourth-order valence-corrected chi connectivity index (χ4v) is 2.38. The molecule has 3 N–H and O–H groups in total. The minimum Gasteiger partial charge on any atom is -0.357 e. The molecule has 0 saturated heterocycles. The van der Waals surface area contributed by atoms with Crippen LogP contribution in [0.5, 0.6) is 0 Å². The molecule has 0 aliphatic heterocycles. The van der Waals surface area contributed by atoms with Gasteiger partial charge in [-0.05, 0) is 29.2 Å². The van der Waals surface area contributed by atoms with E-state index in [1.54, 1.807) is 13.3 Å². The first-order valence-electron chi connectivity index (χ1n) is 8.79. The summed E-state index contributed by atoms with van der Waals surface area (Å²) in [5.74, 6) is 1.74. The zero-order valence-corrected chi connectivity index (χ0v) is 15.6. The van der Waals surface area contributed by atoms with Crippen LogP contribution >= 0.6 is 0 Å². The summed E-state index contributed by atoms with van der Waals surface area (Å²) in [4.78, 5) is 12.9. The van der Waals surface area contributed by atoms with Crippen molar-refractivity contribution in [2.24, 2.45) is 5.10 Å². The van der Waals surface area contributed by atoms with Crippen LogP contribution in [0.2, 0.25) is 0 Å². The van der Waals surface area contributed by atoms with Gasteiger partial charge in [0.1, 0.15) is 0 Å². The minimum atomic E-state index is 0.350. The van der Waals surface area contributed by atoms with Crippen molar-refractivity contribution >= 4 is 29.7 Å². The van der Waals surface area contributed by atoms with Crippen molar-refractivity contribution in [3.63, 3.8) is 0 Å². The average molecular weight is 361 g/mol. The molecule has 0 fully saturated rings. The van der Waals surface area contributed by atoms with Crippen LogP contribution in [0.4, 0.5) is 23.5 Å². The van der Waals surface area contributed by atoms with Crippen molar-refractivity contribution in [2.75, 3.05) is 23.1 Å². The van der Waals surface area contributed by atoms with E-state index in [0.717, 1.165) is 11.3 Å². The summed E-state index contributed by atoms with van der Waals surface area (Å²) < 4.78 is 0. The van der Waals surface area contributed by atoms with Crippen LogP contribution in [0.25, 0.3) is 0 Å². The lowest BCUT2D eigenvalue weighted by molar-refractivity contribution is 0.866. The van der Waals surface area contributed by atoms with Gasteiger partial charge in [-0.1, -0.05) is 56.3 Å². The van der Waals surface area contributed by atoms with E-state index in [-0.39, 0.29) is 0 Å². The van der Waals surface area contributed by atoms with Crippen molar-refractivity contribution in [3.8, 4) is 0 Å². The predicted molar refractivity (Wildman–Crippen MR) is 111 cm³/mol. The summed E-state index contributed by atoms with van der Waals surface area (Å²) in [7, 11) is 1.75. The molecule has 7 heteroatoms. The molecular weight excluding hydrogens is 338 g/mol. The summed E-state index contributed by atoms with van der Waals surface area (Å²) in [6.45, 7) is 4.34. The molecule has 0 radical (unpaired) electrons. The first kappa shape index (κ1) is 18.3. The molecule has 3 rings (SSSR count). The Bertz CT molecular complexity index is 890. The average Bonchev–Trinajstić information content (AvgIpc) is 2.69. The van der Waals surface area contributed by atoms with E-state index in [2.05, 4.69) is 62.1 Å². The third kappa shape index (κ3) is 5.24. The topological polar surface area (TPSA) is 87.1 Å². The van der Waals surface area contributed by atoms with E-state index in [4.69, 9.17) is 0 Å². The van der Waals surface area contributed by atoms with E-state index in [9.17, 15) is 0 Å². The molecule has 0 bridgehead atoms. The van der Waals surface area contributed by atoms with Gasteiger partial charge in [0, 0.05) is 12.7 Å². The number of hydrazone groups is 1. The Morgan fingerprint density at radius 3 is 2.19 bits per heavy atom. The standard InChI is InChI=1S/C20H23N7/c1-14(2)16-11-9-15(10-12-16)13-22-27-20-25-18(21-3)24-19(26-20)23-17-7-5-4-6-8-17/h4-14H,1-3H3,(H3,21,23,24,25,26,27)/b22-13-. The molecule has 0 aliphatic rings. The molecule has 27 heavy (non-hydrogen) atoms. The third-order valence-corrected chi connectivity index (χ3v) is 3.87. The highest BCUT2D eigenvalue weighted by Crippen LogP contribution is 2.16. The number of hydrogen-bond donors (Lipinski definition) is 3. The van der Waals surface area contributed by atoms with E-state index >= 15 is 0 Å². The summed E-state index contributed by atoms with van der Waals surface area (Å²) in [6.07, 6.45) is 1.73. The number of hydrogen-bond acceptors (Lipinski definition) is 7. The number of nitrogens with zero attached hydrogens (tertiary/aromatic N) is 4. The van der Waals surface area contributed by atoms with Crippen molar-refractivity contribution < 1.29 is 0 Å². The Kier molecular flexibility index (Phi) is 5.94.